The van der Waals surface area contributed by atoms with Crippen LogP contribution in [0.5, 0.6) is 0 Å². The molecule has 0 spiro atoms. The first kappa shape index (κ1) is 15.7. The monoisotopic (exact) mass is 327 g/mol. The fourth-order valence-corrected chi connectivity index (χ4v) is 3.66. The van der Waals surface area contributed by atoms with Crippen LogP contribution in [0.15, 0.2) is 30.3 Å². The van der Waals surface area contributed by atoms with Gasteiger partial charge in [-0.3, -0.25) is 9.48 Å². The maximum atomic E-state index is 12.4. The Hall–Kier alpha value is -2.14. The molecule has 4 nitrogen and oxygen atoms in total. The fourth-order valence-electron chi connectivity index (χ4n) is 2.65. The molecule has 2 heterocycles. The summed E-state index contributed by atoms with van der Waals surface area (Å²) in [6.45, 7) is 4.16. The molecule has 1 N–H and O–H groups in total. The van der Waals surface area contributed by atoms with Crippen molar-refractivity contribution in [2.24, 2.45) is 7.05 Å². The van der Waals surface area contributed by atoms with E-state index in [1.165, 1.54) is 29.7 Å². The molecule has 3 aromatic rings. The van der Waals surface area contributed by atoms with E-state index in [0.717, 1.165) is 28.0 Å². The summed E-state index contributed by atoms with van der Waals surface area (Å²) in [5.74, 6) is -0.0630. The first-order valence-corrected chi connectivity index (χ1v) is 8.73. The van der Waals surface area contributed by atoms with Crippen LogP contribution < -0.4 is 5.32 Å². The number of benzene rings is 1. The molecule has 0 bridgehead atoms. The Kier molecular flexibility index (Phi) is 4.48. The maximum absolute atomic E-state index is 12.4. The summed E-state index contributed by atoms with van der Waals surface area (Å²) in [6.07, 6.45) is 3.48. The predicted octanol–water partition coefficient (Wildman–Crippen LogP) is 4.54. The predicted molar refractivity (Wildman–Crippen MR) is 96.3 cm³/mol. The molecule has 5 heteroatoms. The third-order valence-corrected chi connectivity index (χ3v) is 5.15. The smallest absolute Gasteiger partial charge is 0.265 e. The summed E-state index contributed by atoms with van der Waals surface area (Å²) in [7, 11) is 1.91. The van der Waals surface area contributed by atoms with E-state index < -0.39 is 0 Å². The van der Waals surface area contributed by atoms with E-state index in [2.05, 4.69) is 29.5 Å². The molecule has 1 amide bonds. The average Bonchev–Trinajstić information content (AvgIpc) is 3.09. The number of fused-ring (bicyclic) bond motifs is 1. The van der Waals surface area contributed by atoms with E-state index in [4.69, 9.17) is 0 Å². The molecule has 3 rings (SSSR count). The molecule has 0 atom stereocenters. The topological polar surface area (TPSA) is 46.9 Å². The van der Waals surface area contributed by atoms with Crippen molar-refractivity contribution < 1.29 is 4.79 Å². The number of nitrogens with one attached hydrogen (secondary N) is 1. The van der Waals surface area contributed by atoms with Gasteiger partial charge in [-0.05, 0) is 43.5 Å². The molecule has 1 aromatic carbocycles. The van der Waals surface area contributed by atoms with Crippen LogP contribution in [0, 0.1) is 6.92 Å². The lowest BCUT2D eigenvalue weighted by atomic mass is 10.1. The van der Waals surface area contributed by atoms with Crippen molar-refractivity contribution >= 4 is 33.1 Å². The molecule has 23 heavy (non-hydrogen) atoms. The molecule has 0 aliphatic carbocycles. The van der Waals surface area contributed by atoms with E-state index in [1.807, 2.05) is 36.9 Å². The zero-order valence-corrected chi connectivity index (χ0v) is 14.5. The Balaban J connectivity index is 1.73. The second kappa shape index (κ2) is 6.54. The van der Waals surface area contributed by atoms with Crippen molar-refractivity contribution in [1.82, 2.24) is 9.78 Å². The molecule has 0 unspecified atom stereocenters. The van der Waals surface area contributed by atoms with Crippen LogP contribution in [-0.4, -0.2) is 15.7 Å². The molecule has 0 saturated heterocycles. The van der Waals surface area contributed by atoms with Crippen molar-refractivity contribution in [2.75, 3.05) is 5.32 Å². The number of unbranched alkanes of at least 4 members (excludes halogenated alkanes) is 1. The second-order valence-corrected chi connectivity index (χ2v) is 6.82. The minimum absolute atomic E-state index is 0.0630. The van der Waals surface area contributed by atoms with Gasteiger partial charge in [-0.2, -0.15) is 5.10 Å². The first-order chi connectivity index (χ1) is 11.1. The van der Waals surface area contributed by atoms with Gasteiger partial charge in [-0.1, -0.05) is 25.5 Å². The van der Waals surface area contributed by atoms with Crippen LogP contribution in [0.1, 0.15) is 40.7 Å². The van der Waals surface area contributed by atoms with Gasteiger partial charge >= 0.3 is 0 Å². The maximum Gasteiger partial charge on any atom is 0.265 e. The molecule has 0 radical (unpaired) electrons. The molecular weight excluding hydrogens is 306 g/mol. The summed E-state index contributed by atoms with van der Waals surface area (Å²) in [5.41, 5.74) is 3.11. The molecule has 0 fully saturated rings. The molecule has 0 aliphatic heterocycles. The van der Waals surface area contributed by atoms with Crippen LogP contribution in [0.2, 0.25) is 0 Å². The first-order valence-electron chi connectivity index (χ1n) is 7.92. The Morgan fingerprint density at radius 3 is 2.70 bits per heavy atom. The SMILES string of the molecule is CCCCc1ccc(NC(=O)c2cc3c(C)nn(C)c3s2)cc1. The number of aromatic nitrogens is 2. The Bertz CT molecular complexity index is 795. The number of hydrogen-bond acceptors (Lipinski definition) is 3. The minimum Gasteiger partial charge on any atom is -0.321 e. The molecule has 0 aliphatic rings. The Morgan fingerprint density at radius 2 is 2.04 bits per heavy atom. The van der Waals surface area contributed by atoms with Gasteiger partial charge in [0.1, 0.15) is 4.83 Å². The van der Waals surface area contributed by atoms with Crippen molar-refractivity contribution in [3.8, 4) is 0 Å². The van der Waals surface area contributed by atoms with Gasteiger partial charge in [0.15, 0.2) is 0 Å². The second-order valence-electron chi connectivity index (χ2n) is 5.79. The lowest BCUT2D eigenvalue weighted by Gasteiger charge is -2.05. The lowest BCUT2D eigenvalue weighted by molar-refractivity contribution is 0.103. The van der Waals surface area contributed by atoms with Crippen molar-refractivity contribution in [3.05, 3.63) is 46.5 Å². The summed E-state index contributed by atoms with van der Waals surface area (Å²) >= 11 is 1.47. The van der Waals surface area contributed by atoms with Gasteiger partial charge in [0.2, 0.25) is 0 Å². The normalized spacial score (nSPS) is 11.1. The van der Waals surface area contributed by atoms with Crippen LogP contribution in [0.3, 0.4) is 0 Å². The number of anilines is 1. The van der Waals surface area contributed by atoms with Crippen LogP contribution >= 0.6 is 11.3 Å². The van der Waals surface area contributed by atoms with E-state index in [1.54, 1.807) is 0 Å². The lowest BCUT2D eigenvalue weighted by Crippen LogP contribution is -2.10. The fraction of sp³-hybridized carbons (Fsp3) is 0.333. The average molecular weight is 327 g/mol. The van der Waals surface area contributed by atoms with Crippen LogP contribution in [0.4, 0.5) is 5.69 Å². The van der Waals surface area contributed by atoms with Gasteiger partial charge in [-0.15, -0.1) is 11.3 Å². The number of amides is 1. The highest BCUT2D eigenvalue weighted by molar-refractivity contribution is 7.20. The number of hydrogen-bond donors (Lipinski definition) is 1. The van der Waals surface area contributed by atoms with Crippen LogP contribution in [0.25, 0.3) is 10.2 Å². The van der Waals surface area contributed by atoms with Crippen molar-refractivity contribution in [2.45, 2.75) is 33.1 Å². The highest BCUT2D eigenvalue weighted by Crippen LogP contribution is 2.28. The number of aryl methyl sites for hydroxylation is 3. The number of carbonyl (C=O) groups excluding carboxylic acids is 1. The van der Waals surface area contributed by atoms with E-state index >= 15 is 0 Å². The summed E-state index contributed by atoms with van der Waals surface area (Å²) < 4.78 is 1.83. The van der Waals surface area contributed by atoms with Gasteiger partial charge in [-0.25, -0.2) is 0 Å². The molecule has 2 aromatic heterocycles. The quantitative estimate of drug-likeness (QED) is 0.748. The van der Waals surface area contributed by atoms with Crippen LogP contribution in [-0.2, 0) is 13.5 Å². The van der Waals surface area contributed by atoms with Gasteiger partial charge in [0.05, 0.1) is 10.6 Å². The summed E-state index contributed by atoms with van der Waals surface area (Å²) in [5, 5.41) is 8.39. The number of rotatable bonds is 5. The van der Waals surface area contributed by atoms with Gasteiger partial charge < -0.3 is 5.32 Å². The van der Waals surface area contributed by atoms with Gasteiger partial charge in [0, 0.05) is 18.1 Å². The number of nitrogens with zero attached hydrogens (tertiary/aromatic N) is 2. The standard InChI is InChI=1S/C18H21N3OS/c1-4-5-6-13-7-9-14(10-8-13)19-17(22)16-11-15-12(2)20-21(3)18(15)23-16/h7-11H,4-6H2,1-3H3,(H,19,22). The zero-order chi connectivity index (χ0) is 16.4. The molecule has 120 valence electrons. The largest absolute Gasteiger partial charge is 0.321 e. The van der Waals surface area contributed by atoms with E-state index in [9.17, 15) is 4.79 Å². The zero-order valence-electron chi connectivity index (χ0n) is 13.7. The van der Waals surface area contributed by atoms with E-state index in [-0.39, 0.29) is 5.91 Å². The van der Waals surface area contributed by atoms with Crippen molar-refractivity contribution in [1.29, 1.82) is 0 Å². The third kappa shape index (κ3) is 3.29. The summed E-state index contributed by atoms with van der Waals surface area (Å²) in [4.78, 5) is 14.2. The minimum atomic E-state index is -0.0630. The third-order valence-electron chi connectivity index (χ3n) is 3.95. The van der Waals surface area contributed by atoms with Gasteiger partial charge in [0.25, 0.3) is 5.91 Å². The number of carbonyl (C=O) groups is 1. The molecule has 0 saturated carbocycles. The van der Waals surface area contributed by atoms with Crippen molar-refractivity contribution in [3.63, 3.8) is 0 Å². The number of thiophene rings is 1. The Morgan fingerprint density at radius 1 is 1.30 bits per heavy atom. The highest BCUT2D eigenvalue weighted by atomic mass is 32.1. The highest BCUT2D eigenvalue weighted by Gasteiger charge is 2.15. The summed E-state index contributed by atoms with van der Waals surface area (Å²) in [6, 6.07) is 10.0. The Labute approximate surface area is 140 Å². The molecular formula is C18H21N3OS. The van der Waals surface area contributed by atoms with E-state index in [0.29, 0.717) is 4.88 Å².